The van der Waals surface area contributed by atoms with Crippen molar-refractivity contribution in [2.24, 2.45) is 5.10 Å². The first kappa shape index (κ1) is 17.9. The van der Waals surface area contributed by atoms with Crippen LogP contribution in [0.3, 0.4) is 0 Å². The lowest BCUT2D eigenvalue weighted by molar-refractivity contribution is -0.123. The molecule has 0 aliphatic carbocycles. The lowest BCUT2D eigenvalue weighted by Crippen LogP contribution is -2.24. The van der Waals surface area contributed by atoms with Crippen LogP contribution in [0.2, 0.25) is 5.02 Å². The van der Waals surface area contributed by atoms with Crippen molar-refractivity contribution in [3.05, 3.63) is 64.4 Å². The highest BCUT2D eigenvalue weighted by Gasteiger charge is 2.05. The fourth-order valence-corrected chi connectivity index (χ4v) is 2.14. The molecule has 0 saturated carbocycles. The Labute approximate surface area is 145 Å². The van der Waals surface area contributed by atoms with Crippen molar-refractivity contribution in [3.8, 4) is 5.75 Å². The minimum Gasteiger partial charge on any atom is -0.484 e. The largest absolute Gasteiger partial charge is 0.484 e. The number of hydrogen-bond acceptors (Lipinski definition) is 3. The van der Waals surface area contributed by atoms with E-state index in [0.29, 0.717) is 11.7 Å². The molecule has 6 heteroatoms. The van der Waals surface area contributed by atoms with Crippen LogP contribution in [0.25, 0.3) is 0 Å². The zero-order valence-corrected chi connectivity index (χ0v) is 14.2. The molecule has 24 heavy (non-hydrogen) atoms. The summed E-state index contributed by atoms with van der Waals surface area (Å²) in [5, 5.41) is 3.90. The van der Waals surface area contributed by atoms with Crippen molar-refractivity contribution < 1.29 is 13.9 Å². The van der Waals surface area contributed by atoms with E-state index in [9.17, 15) is 9.18 Å². The number of halogens is 2. The van der Waals surface area contributed by atoms with Gasteiger partial charge in [0.25, 0.3) is 5.91 Å². The molecule has 2 aromatic rings. The molecule has 2 rings (SSSR count). The van der Waals surface area contributed by atoms with Crippen molar-refractivity contribution in [3.63, 3.8) is 0 Å². The van der Waals surface area contributed by atoms with Crippen molar-refractivity contribution in [2.75, 3.05) is 6.61 Å². The zero-order chi connectivity index (χ0) is 17.5. The number of hydrazone groups is 1. The second-order valence-electron chi connectivity index (χ2n) is 5.44. The molecule has 0 radical (unpaired) electrons. The van der Waals surface area contributed by atoms with Crippen LogP contribution in [0.4, 0.5) is 4.39 Å². The number of hydrogen-bond donors (Lipinski definition) is 1. The van der Waals surface area contributed by atoms with E-state index < -0.39 is 11.7 Å². The summed E-state index contributed by atoms with van der Waals surface area (Å²) in [6.07, 6.45) is 1.16. The van der Waals surface area contributed by atoms with Crippen molar-refractivity contribution in [1.82, 2.24) is 5.43 Å². The van der Waals surface area contributed by atoms with Gasteiger partial charge in [0.05, 0.1) is 11.2 Å². The van der Waals surface area contributed by atoms with Gasteiger partial charge in [0.15, 0.2) is 6.61 Å². The highest BCUT2D eigenvalue weighted by Crippen LogP contribution is 2.18. The normalized spacial score (nSPS) is 11.0. The third kappa shape index (κ3) is 5.06. The molecule has 4 nitrogen and oxygen atoms in total. The molecule has 0 heterocycles. The van der Waals surface area contributed by atoms with Crippen molar-refractivity contribution in [1.29, 1.82) is 0 Å². The van der Waals surface area contributed by atoms with Gasteiger partial charge in [-0.15, -0.1) is 0 Å². The van der Waals surface area contributed by atoms with Crippen molar-refractivity contribution in [2.45, 2.75) is 19.8 Å². The van der Waals surface area contributed by atoms with E-state index in [1.165, 1.54) is 23.8 Å². The zero-order valence-electron chi connectivity index (χ0n) is 13.4. The first-order valence-electron chi connectivity index (χ1n) is 7.46. The van der Waals surface area contributed by atoms with Gasteiger partial charge in [0.1, 0.15) is 11.6 Å². The maximum Gasteiger partial charge on any atom is 0.277 e. The Bertz CT molecular complexity index is 710. The van der Waals surface area contributed by atoms with Crippen LogP contribution in [0.5, 0.6) is 5.75 Å². The van der Waals surface area contributed by atoms with E-state index in [0.717, 1.165) is 6.21 Å². The molecular formula is C18H18ClFN2O2. The number of benzene rings is 2. The summed E-state index contributed by atoms with van der Waals surface area (Å²) in [7, 11) is 0. The van der Waals surface area contributed by atoms with E-state index >= 15 is 0 Å². The summed E-state index contributed by atoms with van der Waals surface area (Å²) < 4.78 is 18.9. The van der Waals surface area contributed by atoms with Gasteiger partial charge in [0, 0.05) is 5.56 Å². The first-order valence-corrected chi connectivity index (χ1v) is 7.84. The fraction of sp³-hybridized carbons (Fsp3) is 0.222. The smallest absolute Gasteiger partial charge is 0.277 e. The van der Waals surface area contributed by atoms with E-state index in [-0.39, 0.29) is 17.2 Å². The Kier molecular flexibility index (Phi) is 6.32. The Morgan fingerprint density at radius 1 is 1.29 bits per heavy atom. The summed E-state index contributed by atoms with van der Waals surface area (Å²) in [6.45, 7) is 4.01. The number of amides is 1. The molecule has 0 atom stereocenters. The van der Waals surface area contributed by atoms with Gasteiger partial charge in [-0.05, 0) is 35.7 Å². The van der Waals surface area contributed by atoms with Crippen LogP contribution in [-0.4, -0.2) is 18.7 Å². The number of rotatable bonds is 6. The fourth-order valence-electron chi connectivity index (χ4n) is 1.93. The van der Waals surface area contributed by atoms with E-state index in [2.05, 4.69) is 24.4 Å². The van der Waals surface area contributed by atoms with Crippen LogP contribution >= 0.6 is 11.6 Å². The summed E-state index contributed by atoms with van der Waals surface area (Å²) in [5.74, 6) is 0.0613. The number of carbonyl (C=O) groups excluding carboxylic acids is 1. The standard InChI is InChI=1S/C18H18ClFN2O2/c1-12(2)13-6-8-14(9-7-13)24-11-18(23)22-21-10-15-16(19)4-3-5-17(15)20/h3-10,12H,11H2,1-2H3,(H,22,23). The van der Waals surface area contributed by atoms with E-state index in [4.69, 9.17) is 16.3 Å². The summed E-state index contributed by atoms with van der Waals surface area (Å²) >= 11 is 5.85. The molecule has 0 aliphatic heterocycles. The number of nitrogens with zero attached hydrogens (tertiary/aromatic N) is 1. The molecule has 0 bridgehead atoms. The van der Waals surface area contributed by atoms with Gasteiger partial charge in [-0.3, -0.25) is 4.79 Å². The Hall–Kier alpha value is -2.40. The average molecular weight is 349 g/mol. The van der Waals surface area contributed by atoms with Crippen LogP contribution in [0.15, 0.2) is 47.6 Å². The van der Waals surface area contributed by atoms with E-state index in [1.807, 2.05) is 24.3 Å². The summed E-state index contributed by atoms with van der Waals surface area (Å²) in [6, 6.07) is 11.8. The Morgan fingerprint density at radius 2 is 2.00 bits per heavy atom. The summed E-state index contributed by atoms with van der Waals surface area (Å²) in [4.78, 5) is 11.7. The SMILES string of the molecule is CC(C)c1ccc(OCC(=O)NN=Cc2c(F)cccc2Cl)cc1. The number of carbonyl (C=O) groups is 1. The van der Waals surface area contributed by atoms with E-state index in [1.54, 1.807) is 0 Å². The molecule has 0 aromatic heterocycles. The minimum atomic E-state index is -0.512. The number of ether oxygens (including phenoxy) is 1. The molecule has 0 unspecified atom stereocenters. The monoisotopic (exact) mass is 348 g/mol. The topological polar surface area (TPSA) is 50.7 Å². The highest BCUT2D eigenvalue weighted by atomic mass is 35.5. The predicted molar refractivity (Wildman–Crippen MR) is 93.2 cm³/mol. The van der Waals surface area contributed by atoms with Gasteiger partial charge < -0.3 is 4.74 Å². The molecule has 0 spiro atoms. The second kappa shape index (κ2) is 8.45. The van der Waals surface area contributed by atoms with Gasteiger partial charge in [-0.2, -0.15) is 5.10 Å². The maximum atomic E-state index is 13.5. The van der Waals surface area contributed by atoms with Gasteiger partial charge in [-0.25, -0.2) is 9.82 Å². The van der Waals surface area contributed by atoms with Crippen LogP contribution in [-0.2, 0) is 4.79 Å². The lowest BCUT2D eigenvalue weighted by atomic mass is 10.0. The predicted octanol–water partition coefficient (Wildman–Crippen LogP) is 4.13. The minimum absolute atomic E-state index is 0.115. The van der Waals surface area contributed by atoms with Crippen LogP contribution in [0, 0.1) is 5.82 Å². The van der Waals surface area contributed by atoms with Crippen LogP contribution < -0.4 is 10.2 Å². The van der Waals surface area contributed by atoms with Gasteiger partial charge in [-0.1, -0.05) is 43.6 Å². The molecular weight excluding hydrogens is 331 g/mol. The molecule has 1 amide bonds. The molecule has 0 fully saturated rings. The Morgan fingerprint density at radius 3 is 2.62 bits per heavy atom. The first-order chi connectivity index (χ1) is 11.5. The molecule has 0 aliphatic rings. The van der Waals surface area contributed by atoms with Crippen LogP contribution in [0.1, 0.15) is 30.9 Å². The van der Waals surface area contributed by atoms with Gasteiger partial charge in [0.2, 0.25) is 0 Å². The average Bonchev–Trinajstić information content (AvgIpc) is 2.56. The van der Waals surface area contributed by atoms with Crippen molar-refractivity contribution >= 4 is 23.7 Å². The molecule has 126 valence electrons. The highest BCUT2D eigenvalue weighted by molar-refractivity contribution is 6.33. The second-order valence-corrected chi connectivity index (χ2v) is 5.85. The third-order valence-electron chi connectivity index (χ3n) is 3.30. The Balaban J connectivity index is 1.84. The quantitative estimate of drug-likeness (QED) is 0.630. The summed E-state index contributed by atoms with van der Waals surface area (Å²) in [5.41, 5.74) is 3.57. The third-order valence-corrected chi connectivity index (χ3v) is 3.63. The number of nitrogens with one attached hydrogen (secondary N) is 1. The molecule has 0 saturated heterocycles. The lowest BCUT2D eigenvalue weighted by Gasteiger charge is -2.08. The van der Waals surface area contributed by atoms with Gasteiger partial charge >= 0.3 is 0 Å². The maximum absolute atomic E-state index is 13.5. The molecule has 1 N–H and O–H groups in total. The molecule has 2 aromatic carbocycles.